The number of aryl methyl sites for hydroxylation is 1. The van der Waals surface area contributed by atoms with Gasteiger partial charge in [-0.3, -0.25) is 9.69 Å². The number of thiophene rings is 1. The highest BCUT2D eigenvalue weighted by Gasteiger charge is 2.31. The van der Waals surface area contributed by atoms with Crippen molar-refractivity contribution in [2.24, 2.45) is 0 Å². The lowest BCUT2D eigenvalue weighted by atomic mass is 10.0. The maximum absolute atomic E-state index is 12.8. The topological polar surface area (TPSA) is 26.8 Å². The molecule has 0 bridgehead atoms. The number of nitrogens with zero attached hydrogens (tertiary/aromatic N) is 3. The molecule has 0 N–H and O–H groups in total. The van der Waals surface area contributed by atoms with Gasteiger partial charge in [0, 0.05) is 51.0 Å². The average Bonchev–Trinajstić information content (AvgIpc) is 3.14. The Balaban J connectivity index is 1.36. The first-order valence-corrected chi connectivity index (χ1v) is 10.9. The van der Waals surface area contributed by atoms with Gasteiger partial charge in [0.2, 0.25) is 0 Å². The van der Waals surface area contributed by atoms with Crippen molar-refractivity contribution in [1.29, 1.82) is 0 Å². The van der Waals surface area contributed by atoms with Crippen molar-refractivity contribution in [3.63, 3.8) is 0 Å². The summed E-state index contributed by atoms with van der Waals surface area (Å²) in [6.45, 7) is 8.10. The second-order valence-electron chi connectivity index (χ2n) is 7.46. The van der Waals surface area contributed by atoms with Crippen LogP contribution < -0.4 is 4.90 Å². The van der Waals surface area contributed by atoms with E-state index < -0.39 is 0 Å². The van der Waals surface area contributed by atoms with Gasteiger partial charge in [-0.2, -0.15) is 0 Å². The smallest absolute Gasteiger partial charge is 0.264 e. The first kappa shape index (κ1) is 18.8. The van der Waals surface area contributed by atoms with E-state index in [2.05, 4.69) is 41.0 Å². The maximum Gasteiger partial charge on any atom is 0.264 e. The molecule has 0 radical (unpaired) electrons. The largest absolute Gasteiger partial charge is 0.369 e. The monoisotopic (exact) mass is 403 g/mol. The molecule has 144 valence electrons. The van der Waals surface area contributed by atoms with Crippen LogP contribution in [0.2, 0.25) is 4.34 Å². The number of carbonyl (C=O) groups excluding carboxylic acids is 1. The van der Waals surface area contributed by atoms with Crippen molar-refractivity contribution in [2.75, 3.05) is 44.2 Å². The fraction of sp³-hybridized carbons (Fsp3) is 0.476. The molecule has 0 aliphatic carbocycles. The normalized spacial score (nSPS) is 21.5. The van der Waals surface area contributed by atoms with E-state index in [-0.39, 0.29) is 5.91 Å². The second kappa shape index (κ2) is 8.21. The molecule has 1 atom stereocenters. The molecule has 0 saturated carbocycles. The Hall–Kier alpha value is -1.56. The van der Waals surface area contributed by atoms with Gasteiger partial charge in [-0.05, 0) is 43.5 Å². The molecule has 2 aliphatic heterocycles. The highest BCUT2D eigenvalue weighted by molar-refractivity contribution is 7.17. The van der Waals surface area contributed by atoms with Crippen molar-refractivity contribution in [1.82, 2.24) is 9.80 Å². The standard InChI is InChI=1S/C21H26ClN3OS/c1-16-5-2-3-7-18(16)24-13-11-23(12-14-24)17-6-4-10-25(15-17)21(26)19-8-9-20(22)27-19/h2-3,5,7-9,17H,4,6,10-15H2,1H3/t17-/m1/s1. The van der Waals surface area contributed by atoms with Crippen molar-refractivity contribution < 1.29 is 4.79 Å². The highest BCUT2D eigenvalue weighted by atomic mass is 35.5. The third-order valence-corrected chi connectivity index (χ3v) is 6.97. The van der Waals surface area contributed by atoms with Crippen LogP contribution in [0, 0.1) is 6.92 Å². The van der Waals surface area contributed by atoms with E-state index >= 15 is 0 Å². The second-order valence-corrected chi connectivity index (χ2v) is 9.18. The van der Waals surface area contributed by atoms with Gasteiger partial charge in [-0.15, -0.1) is 11.3 Å². The molecular weight excluding hydrogens is 378 g/mol. The van der Waals surface area contributed by atoms with E-state index in [0.29, 0.717) is 10.4 Å². The van der Waals surface area contributed by atoms with Gasteiger partial charge in [-0.25, -0.2) is 0 Å². The van der Waals surface area contributed by atoms with Crippen LogP contribution in [0.1, 0.15) is 28.1 Å². The summed E-state index contributed by atoms with van der Waals surface area (Å²) in [5, 5.41) is 0. The van der Waals surface area contributed by atoms with E-state index in [1.807, 2.05) is 17.0 Å². The summed E-state index contributed by atoms with van der Waals surface area (Å²) in [4.78, 5) is 20.6. The molecule has 0 spiro atoms. The molecule has 4 rings (SSSR count). The van der Waals surface area contributed by atoms with Crippen molar-refractivity contribution in [2.45, 2.75) is 25.8 Å². The Morgan fingerprint density at radius 1 is 1.07 bits per heavy atom. The van der Waals surface area contributed by atoms with Gasteiger partial charge >= 0.3 is 0 Å². The molecule has 0 unspecified atom stereocenters. The summed E-state index contributed by atoms with van der Waals surface area (Å²) in [6.07, 6.45) is 2.26. The fourth-order valence-electron chi connectivity index (χ4n) is 4.27. The summed E-state index contributed by atoms with van der Waals surface area (Å²) in [5.74, 6) is 0.134. The van der Waals surface area contributed by atoms with Crippen LogP contribution in [0.15, 0.2) is 36.4 Å². The fourth-order valence-corrected chi connectivity index (χ4v) is 5.28. The number of likely N-dealkylation sites (tertiary alicyclic amines) is 1. The predicted octanol–water partition coefficient (Wildman–Crippen LogP) is 4.14. The minimum atomic E-state index is 0.134. The molecule has 2 fully saturated rings. The maximum atomic E-state index is 12.8. The highest BCUT2D eigenvalue weighted by Crippen LogP contribution is 2.26. The number of piperazine rings is 1. The number of piperidine rings is 1. The van der Waals surface area contributed by atoms with Gasteiger partial charge in [-0.1, -0.05) is 29.8 Å². The lowest BCUT2D eigenvalue weighted by molar-refractivity contribution is 0.0568. The minimum absolute atomic E-state index is 0.134. The average molecular weight is 404 g/mol. The van der Waals surface area contributed by atoms with Crippen molar-refractivity contribution >= 4 is 34.5 Å². The lowest BCUT2D eigenvalue weighted by Crippen LogP contribution is -2.55. The molecule has 2 aromatic rings. The minimum Gasteiger partial charge on any atom is -0.369 e. The number of anilines is 1. The van der Waals surface area contributed by atoms with Crippen LogP contribution in [0.5, 0.6) is 0 Å². The van der Waals surface area contributed by atoms with Crippen LogP contribution in [-0.4, -0.2) is 61.0 Å². The Bertz CT molecular complexity index is 800. The molecule has 1 aromatic carbocycles. The van der Waals surface area contributed by atoms with Crippen LogP contribution in [0.25, 0.3) is 0 Å². The first-order chi connectivity index (χ1) is 13.1. The van der Waals surface area contributed by atoms with Crippen LogP contribution in [0.4, 0.5) is 5.69 Å². The molecule has 4 nitrogen and oxygen atoms in total. The summed E-state index contributed by atoms with van der Waals surface area (Å²) >= 11 is 7.38. The van der Waals surface area contributed by atoms with Gasteiger partial charge in [0.1, 0.15) is 0 Å². The Kier molecular flexibility index (Phi) is 5.71. The molecule has 27 heavy (non-hydrogen) atoms. The molecule has 1 aromatic heterocycles. The first-order valence-electron chi connectivity index (χ1n) is 9.71. The lowest BCUT2D eigenvalue weighted by Gasteiger charge is -2.44. The molecule has 1 amide bonds. The van der Waals surface area contributed by atoms with Crippen molar-refractivity contribution in [3.05, 3.63) is 51.2 Å². The van der Waals surface area contributed by atoms with Gasteiger partial charge in [0.15, 0.2) is 0 Å². The zero-order valence-corrected chi connectivity index (χ0v) is 17.3. The number of carbonyl (C=O) groups is 1. The number of hydrogen-bond donors (Lipinski definition) is 0. The number of rotatable bonds is 3. The third kappa shape index (κ3) is 4.15. The van der Waals surface area contributed by atoms with Gasteiger partial charge in [0.25, 0.3) is 5.91 Å². The molecule has 6 heteroatoms. The van der Waals surface area contributed by atoms with E-state index in [1.165, 1.54) is 29.0 Å². The van der Waals surface area contributed by atoms with Crippen LogP contribution in [-0.2, 0) is 0 Å². The molecule has 2 saturated heterocycles. The number of halogens is 1. The van der Waals surface area contributed by atoms with E-state index in [4.69, 9.17) is 11.6 Å². The van der Waals surface area contributed by atoms with Gasteiger partial charge < -0.3 is 9.80 Å². The summed E-state index contributed by atoms with van der Waals surface area (Å²) in [7, 11) is 0. The van der Waals surface area contributed by atoms with E-state index in [0.717, 1.165) is 50.6 Å². The van der Waals surface area contributed by atoms with E-state index in [1.54, 1.807) is 0 Å². The Morgan fingerprint density at radius 2 is 1.85 bits per heavy atom. The Morgan fingerprint density at radius 3 is 2.56 bits per heavy atom. The summed E-state index contributed by atoms with van der Waals surface area (Å²) in [5.41, 5.74) is 2.70. The SMILES string of the molecule is Cc1ccccc1N1CCN([C@@H]2CCCN(C(=O)c3ccc(Cl)s3)C2)CC1. The van der Waals surface area contributed by atoms with Crippen molar-refractivity contribution in [3.8, 4) is 0 Å². The van der Waals surface area contributed by atoms with Gasteiger partial charge in [0.05, 0.1) is 9.21 Å². The number of hydrogen-bond acceptors (Lipinski definition) is 4. The predicted molar refractivity (Wildman–Crippen MR) is 113 cm³/mol. The zero-order chi connectivity index (χ0) is 18.8. The Labute approximate surface area is 170 Å². The third-order valence-electron chi connectivity index (χ3n) is 5.75. The number of benzene rings is 1. The molecule has 2 aliphatic rings. The molecule has 3 heterocycles. The van der Waals surface area contributed by atoms with E-state index in [9.17, 15) is 4.79 Å². The number of para-hydroxylation sites is 1. The zero-order valence-electron chi connectivity index (χ0n) is 15.7. The van der Waals surface area contributed by atoms with Crippen LogP contribution in [0.3, 0.4) is 0 Å². The quantitative estimate of drug-likeness (QED) is 0.770. The summed E-state index contributed by atoms with van der Waals surface area (Å²) in [6, 6.07) is 12.8. The van der Waals surface area contributed by atoms with Crippen LogP contribution >= 0.6 is 22.9 Å². The summed E-state index contributed by atoms with van der Waals surface area (Å²) < 4.78 is 0.680. The molecular formula is C21H26ClN3OS. The number of amides is 1.